The van der Waals surface area contributed by atoms with Gasteiger partial charge in [-0.15, -0.1) is 0 Å². The number of aryl methyl sites for hydroxylation is 2. The minimum Gasteiger partial charge on any atom is -0.492 e. The maximum Gasteiger partial charge on any atom is 0.243 e. The van der Waals surface area contributed by atoms with E-state index in [9.17, 15) is 13.2 Å². The van der Waals surface area contributed by atoms with Gasteiger partial charge in [0.1, 0.15) is 5.75 Å². The molecule has 0 spiro atoms. The van der Waals surface area contributed by atoms with Crippen LogP contribution >= 0.6 is 27.5 Å². The van der Waals surface area contributed by atoms with Gasteiger partial charge < -0.3 is 10.1 Å². The van der Waals surface area contributed by atoms with E-state index in [-0.39, 0.29) is 34.8 Å². The summed E-state index contributed by atoms with van der Waals surface area (Å²) in [5.41, 5.74) is 2.77. The molecule has 0 aromatic heterocycles. The molecular weight excluding hydrogens is 504 g/mol. The fourth-order valence-electron chi connectivity index (χ4n) is 3.76. The van der Waals surface area contributed by atoms with Crippen LogP contribution in [-0.2, 0) is 14.8 Å². The number of sulfonamides is 1. The molecule has 31 heavy (non-hydrogen) atoms. The largest absolute Gasteiger partial charge is 0.492 e. The molecule has 1 heterocycles. The van der Waals surface area contributed by atoms with Crippen molar-refractivity contribution in [3.05, 3.63) is 51.0 Å². The zero-order valence-corrected chi connectivity index (χ0v) is 20.9. The van der Waals surface area contributed by atoms with Gasteiger partial charge in [-0.1, -0.05) is 27.5 Å². The summed E-state index contributed by atoms with van der Waals surface area (Å²) >= 11 is 9.63. The average Bonchev–Trinajstić information content (AvgIpc) is 2.72. The van der Waals surface area contributed by atoms with Crippen molar-refractivity contribution in [2.24, 2.45) is 5.92 Å². The molecule has 1 fully saturated rings. The number of benzene rings is 2. The van der Waals surface area contributed by atoms with E-state index < -0.39 is 10.0 Å². The van der Waals surface area contributed by atoms with E-state index in [2.05, 4.69) is 21.2 Å². The van der Waals surface area contributed by atoms with E-state index in [1.54, 1.807) is 6.07 Å². The predicted molar refractivity (Wildman–Crippen MR) is 126 cm³/mol. The van der Waals surface area contributed by atoms with Crippen LogP contribution in [0.1, 0.15) is 30.9 Å². The third kappa shape index (κ3) is 5.42. The Kier molecular flexibility index (Phi) is 7.68. The lowest BCUT2D eigenvalue weighted by Crippen LogP contribution is -2.41. The van der Waals surface area contributed by atoms with Crippen molar-refractivity contribution in [3.63, 3.8) is 0 Å². The van der Waals surface area contributed by atoms with Gasteiger partial charge in [0.25, 0.3) is 0 Å². The Balaban J connectivity index is 1.66. The highest BCUT2D eigenvalue weighted by Gasteiger charge is 2.32. The highest BCUT2D eigenvalue weighted by Crippen LogP contribution is 2.31. The van der Waals surface area contributed by atoms with Gasteiger partial charge in [0.05, 0.1) is 16.5 Å². The standard InChI is InChI=1S/C22H26BrClN2O4S/c1-4-30-20-6-5-18(13-19(20)24)31(28,29)26-9-7-16(8-10-26)22(27)25-21-14(2)11-17(23)12-15(21)3/h5-6,11-13,16H,4,7-10H2,1-3H3,(H,25,27). The molecule has 1 saturated heterocycles. The van der Waals surface area contributed by atoms with Crippen LogP contribution in [0.3, 0.4) is 0 Å². The van der Waals surface area contributed by atoms with E-state index in [1.165, 1.54) is 16.4 Å². The number of hydrogen-bond acceptors (Lipinski definition) is 4. The summed E-state index contributed by atoms with van der Waals surface area (Å²) in [5, 5.41) is 3.29. The van der Waals surface area contributed by atoms with Crippen molar-refractivity contribution in [2.45, 2.75) is 38.5 Å². The van der Waals surface area contributed by atoms with Gasteiger partial charge in [-0.25, -0.2) is 8.42 Å². The third-order valence-electron chi connectivity index (χ3n) is 5.41. The lowest BCUT2D eigenvalue weighted by molar-refractivity contribution is -0.120. The van der Waals surface area contributed by atoms with Crippen molar-refractivity contribution >= 4 is 49.1 Å². The van der Waals surface area contributed by atoms with Crippen molar-refractivity contribution < 1.29 is 17.9 Å². The lowest BCUT2D eigenvalue weighted by Gasteiger charge is -2.31. The summed E-state index contributed by atoms with van der Waals surface area (Å²) in [6, 6.07) is 8.41. The Morgan fingerprint density at radius 3 is 2.35 bits per heavy atom. The molecule has 0 radical (unpaired) electrons. The molecule has 3 rings (SSSR count). The lowest BCUT2D eigenvalue weighted by atomic mass is 9.96. The molecule has 1 aliphatic rings. The van der Waals surface area contributed by atoms with E-state index in [0.29, 0.717) is 25.2 Å². The first-order valence-corrected chi connectivity index (χ1v) is 12.7. The molecule has 0 saturated carbocycles. The van der Waals surface area contributed by atoms with E-state index in [0.717, 1.165) is 21.3 Å². The van der Waals surface area contributed by atoms with Crippen LogP contribution in [0.4, 0.5) is 5.69 Å². The quantitative estimate of drug-likeness (QED) is 0.561. The van der Waals surface area contributed by atoms with Gasteiger partial charge in [-0.3, -0.25) is 4.79 Å². The van der Waals surface area contributed by atoms with Crippen molar-refractivity contribution in [3.8, 4) is 5.75 Å². The number of nitrogens with one attached hydrogen (secondary N) is 1. The molecule has 6 nitrogen and oxygen atoms in total. The molecule has 1 aliphatic heterocycles. The Labute approximate surface area is 197 Å². The van der Waals surface area contributed by atoms with Crippen LogP contribution in [-0.4, -0.2) is 38.3 Å². The number of carbonyl (C=O) groups excluding carboxylic acids is 1. The number of anilines is 1. The molecule has 0 bridgehead atoms. The van der Waals surface area contributed by atoms with Gasteiger partial charge in [0.15, 0.2) is 0 Å². The minimum atomic E-state index is -3.69. The van der Waals surface area contributed by atoms with Crippen LogP contribution in [0, 0.1) is 19.8 Å². The topological polar surface area (TPSA) is 75.7 Å². The van der Waals surface area contributed by atoms with Crippen molar-refractivity contribution in [1.29, 1.82) is 0 Å². The summed E-state index contributed by atoms with van der Waals surface area (Å²) in [7, 11) is -3.69. The Morgan fingerprint density at radius 1 is 1.19 bits per heavy atom. The third-order valence-corrected chi connectivity index (χ3v) is 8.06. The van der Waals surface area contributed by atoms with Gasteiger partial charge >= 0.3 is 0 Å². The number of carbonyl (C=O) groups is 1. The van der Waals surface area contributed by atoms with Gasteiger partial charge in [0, 0.05) is 29.2 Å². The molecule has 0 aliphatic carbocycles. The number of ether oxygens (including phenoxy) is 1. The highest BCUT2D eigenvalue weighted by atomic mass is 79.9. The first-order valence-electron chi connectivity index (χ1n) is 10.1. The molecule has 168 valence electrons. The van der Waals surface area contributed by atoms with Crippen LogP contribution in [0.15, 0.2) is 39.7 Å². The van der Waals surface area contributed by atoms with Crippen LogP contribution in [0.2, 0.25) is 5.02 Å². The molecule has 0 unspecified atom stereocenters. The molecule has 1 N–H and O–H groups in total. The second-order valence-corrected chi connectivity index (χ2v) is 10.9. The molecule has 2 aromatic rings. The maximum absolute atomic E-state index is 13.0. The predicted octanol–water partition coefficient (Wildman–Crippen LogP) is 5.16. The van der Waals surface area contributed by atoms with E-state index in [4.69, 9.17) is 16.3 Å². The van der Waals surface area contributed by atoms with Gasteiger partial charge in [-0.05, 0) is 75.1 Å². The summed E-state index contributed by atoms with van der Waals surface area (Å²) in [6.45, 7) is 6.74. The van der Waals surface area contributed by atoms with Crippen molar-refractivity contribution in [1.82, 2.24) is 4.31 Å². The number of amides is 1. The fraction of sp³-hybridized carbons (Fsp3) is 0.409. The number of nitrogens with zero attached hydrogens (tertiary/aromatic N) is 1. The minimum absolute atomic E-state index is 0.0744. The molecular formula is C22H26BrClN2O4S. The average molecular weight is 530 g/mol. The Hall–Kier alpha value is -1.61. The van der Waals surface area contributed by atoms with E-state index in [1.807, 2.05) is 32.9 Å². The molecule has 2 aromatic carbocycles. The number of rotatable bonds is 6. The normalized spacial score (nSPS) is 15.6. The summed E-state index contributed by atoms with van der Waals surface area (Å²) in [4.78, 5) is 12.9. The fourth-order valence-corrected chi connectivity index (χ4v) is 6.24. The number of hydrogen-bond donors (Lipinski definition) is 1. The first kappa shape index (κ1) is 24.0. The van der Waals surface area contributed by atoms with Crippen LogP contribution in [0.5, 0.6) is 5.75 Å². The smallest absolute Gasteiger partial charge is 0.243 e. The zero-order chi connectivity index (χ0) is 22.8. The summed E-state index contributed by atoms with van der Waals surface area (Å²) in [5.74, 6) is 0.143. The van der Waals surface area contributed by atoms with Crippen LogP contribution in [0.25, 0.3) is 0 Å². The number of piperidine rings is 1. The summed E-state index contributed by atoms with van der Waals surface area (Å²) < 4.78 is 33.8. The molecule has 0 atom stereocenters. The van der Waals surface area contributed by atoms with E-state index >= 15 is 0 Å². The SMILES string of the molecule is CCOc1ccc(S(=O)(=O)N2CCC(C(=O)Nc3c(C)cc(Br)cc3C)CC2)cc1Cl. The maximum atomic E-state index is 13.0. The second-order valence-electron chi connectivity index (χ2n) is 7.61. The van der Waals surface area contributed by atoms with Gasteiger partial charge in [0.2, 0.25) is 15.9 Å². The second kappa shape index (κ2) is 9.90. The molecule has 9 heteroatoms. The van der Waals surface area contributed by atoms with Crippen molar-refractivity contribution in [2.75, 3.05) is 25.0 Å². The monoisotopic (exact) mass is 528 g/mol. The first-order chi connectivity index (χ1) is 14.6. The Morgan fingerprint density at radius 2 is 1.81 bits per heavy atom. The highest BCUT2D eigenvalue weighted by molar-refractivity contribution is 9.10. The summed E-state index contributed by atoms with van der Waals surface area (Å²) in [6.07, 6.45) is 0.925. The van der Waals surface area contributed by atoms with Crippen LogP contribution < -0.4 is 10.1 Å². The number of halogens is 2. The molecule has 1 amide bonds. The van der Waals surface area contributed by atoms with Gasteiger partial charge in [-0.2, -0.15) is 4.31 Å². The Bertz CT molecular complexity index is 1060. The zero-order valence-electron chi connectivity index (χ0n) is 17.7.